The van der Waals surface area contributed by atoms with Crippen molar-refractivity contribution >= 4 is 17.8 Å². The van der Waals surface area contributed by atoms with E-state index in [0.717, 1.165) is 38.5 Å². The van der Waals surface area contributed by atoms with Crippen molar-refractivity contribution in [1.29, 1.82) is 0 Å². The van der Waals surface area contributed by atoms with Gasteiger partial charge in [-0.2, -0.15) is 0 Å². The van der Waals surface area contributed by atoms with Crippen LogP contribution >= 0.6 is 0 Å². The summed E-state index contributed by atoms with van der Waals surface area (Å²) in [6.07, 6.45) is 10.6. The van der Waals surface area contributed by atoms with Gasteiger partial charge in [-0.1, -0.05) is 25.0 Å². The quantitative estimate of drug-likeness (QED) is 0.561. The lowest BCUT2D eigenvalue weighted by atomic mass is 9.95. The normalized spacial score (nSPS) is 28.2. The number of rotatable bonds is 4. The minimum atomic E-state index is -0.522. The molecular formula is C21H32N2O5. The van der Waals surface area contributed by atoms with Crippen LogP contribution in [0, 0.1) is 5.92 Å². The van der Waals surface area contributed by atoms with Gasteiger partial charge in [-0.05, 0) is 38.5 Å². The van der Waals surface area contributed by atoms with E-state index < -0.39 is 11.5 Å². The highest BCUT2D eigenvalue weighted by molar-refractivity contribution is 5.86. The second kappa shape index (κ2) is 9.54. The topological polar surface area (TPSA) is 95.9 Å². The second-order valence-electron chi connectivity index (χ2n) is 8.35. The van der Waals surface area contributed by atoms with E-state index in [1.165, 1.54) is 0 Å². The van der Waals surface area contributed by atoms with E-state index in [4.69, 9.17) is 4.74 Å². The van der Waals surface area contributed by atoms with Crippen molar-refractivity contribution in [2.24, 2.45) is 5.92 Å². The first-order chi connectivity index (χ1) is 13.5. The zero-order valence-corrected chi connectivity index (χ0v) is 16.5. The van der Waals surface area contributed by atoms with Gasteiger partial charge in [-0.15, -0.1) is 0 Å². The molecule has 2 fully saturated rings. The van der Waals surface area contributed by atoms with Crippen molar-refractivity contribution in [2.45, 2.75) is 75.8 Å². The molecule has 0 radical (unpaired) electrons. The molecule has 2 amide bonds. The SMILES string of the molecule is O=C(C[C@H]1CC=CCCC(=O)OC[C@@H]2CCCN2C1=O)NC1(CO)CCCC1. The van der Waals surface area contributed by atoms with Crippen LogP contribution < -0.4 is 5.32 Å². The van der Waals surface area contributed by atoms with Gasteiger partial charge in [0.05, 0.1) is 24.1 Å². The lowest BCUT2D eigenvalue weighted by molar-refractivity contribution is -0.148. The Bertz CT molecular complexity index is 612. The summed E-state index contributed by atoms with van der Waals surface area (Å²) in [5.41, 5.74) is -0.522. The van der Waals surface area contributed by atoms with Crippen LogP contribution in [-0.2, 0) is 19.1 Å². The summed E-state index contributed by atoms with van der Waals surface area (Å²) < 4.78 is 5.34. The van der Waals surface area contributed by atoms with Crippen molar-refractivity contribution in [2.75, 3.05) is 19.8 Å². The molecule has 156 valence electrons. The van der Waals surface area contributed by atoms with Crippen LogP contribution in [0.4, 0.5) is 0 Å². The molecule has 28 heavy (non-hydrogen) atoms. The molecule has 0 unspecified atom stereocenters. The third-order valence-corrected chi connectivity index (χ3v) is 6.25. The molecule has 0 aromatic rings. The maximum absolute atomic E-state index is 13.2. The number of aliphatic hydroxyl groups is 1. The van der Waals surface area contributed by atoms with Crippen molar-refractivity contribution in [3.63, 3.8) is 0 Å². The molecular weight excluding hydrogens is 360 g/mol. The van der Waals surface area contributed by atoms with E-state index in [0.29, 0.717) is 25.8 Å². The highest BCUT2D eigenvalue weighted by Gasteiger charge is 2.37. The Labute approximate surface area is 166 Å². The maximum Gasteiger partial charge on any atom is 0.306 e. The minimum absolute atomic E-state index is 0.0385. The third kappa shape index (κ3) is 5.13. The van der Waals surface area contributed by atoms with Gasteiger partial charge in [-0.25, -0.2) is 0 Å². The van der Waals surface area contributed by atoms with Crippen LogP contribution in [0.3, 0.4) is 0 Å². The Morgan fingerprint density at radius 1 is 1.25 bits per heavy atom. The first kappa shape index (κ1) is 20.8. The third-order valence-electron chi connectivity index (χ3n) is 6.25. The van der Waals surface area contributed by atoms with Crippen LogP contribution in [0.5, 0.6) is 0 Å². The molecule has 3 aliphatic rings. The number of nitrogens with zero attached hydrogens (tertiary/aromatic N) is 1. The number of nitrogens with one attached hydrogen (secondary N) is 1. The summed E-state index contributed by atoms with van der Waals surface area (Å²) in [6, 6.07) is -0.0935. The van der Waals surface area contributed by atoms with E-state index in [2.05, 4.69) is 5.32 Å². The summed E-state index contributed by atoms with van der Waals surface area (Å²) in [7, 11) is 0. The fourth-order valence-electron chi connectivity index (χ4n) is 4.59. The number of aliphatic hydroxyl groups excluding tert-OH is 1. The number of hydrogen-bond acceptors (Lipinski definition) is 5. The molecule has 0 bridgehead atoms. The van der Waals surface area contributed by atoms with Gasteiger partial charge in [0.1, 0.15) is 6.61 Å². The van der Waals surface area contributed by atoms with Crippen molar-refractivity contribution in [1.82, 2.24) is 10.2 Å². The average Bonchev–Trinajstić information content (AvgIpc) is 3.33. The Morgan fingerprint density at radius 2 is 2.04 bits per heavy atom. The van der Waals surface area contributed by atoms with Gasteiger partial charge >= 0.3 is 5.97 Å². The Hall–Kier alpha value is -1.89. The van der Waals surface area contributed by atoms with Crippen LogP contribution in [0.15, 0.2) is 12.2 Å². The van der Waals surface area contributed by atoms with Crippen molar-refractivity contribution in [3.8, 4) is 0 Å². The highest BCUT2D eigenvalue weighted by Crippen LogP contribution is 2.30. The van der Waals surface area contributed by atoms with Crippen LogP contribution in [0.25, 0.3) is 0 Å². The molecule has 0 aromatic carbocycles. The Kier molecular flexibility index (Phi) is 7.10. The largest absolute Gasteiger partial charge is 0.463 e. The standard InChI is InChI=1S/C21H32N2O5/c24-15-21(10-4-5-11-21)22-18(25)13-16-7-2-1-3-9-19(26)28-14-17-8-6-12-23(17)20(16)27/h1-2,16-17,24H,3-15H2,(H,22,25)/t16-,17+/m1/s1. The monoisotopic (exact) mass is 392 g/mol. The number of allylic oxidation sites excluding steroid dienone is 2. The molecule has 7 heteroatoms. The van der Waals surface area contributed by atoms with Gasteiger partial charge in [-0.3, -0.25) is 14.4 Å². The summed E-state index contributed by atoms with van der Waals surface area (Å²) in [6.45, 7) is 0.821. The molecule has 1 aliphatic carbocycles. The predicted molar refractivity (Wildman–Crippen MR) is 103 cm³/mol. The maximum atomic E-state index is 13.2. The van der Waals surface area contributed by atoms with E-state index in [1.54, 1.807) is 4.90 Å². The minimum Gasteiger partial charge on any atom is -0.463 e. The summed E-state index contributed by atoms with van der Waals surface area (Å²) in [5, 5.41) is 12.7. The van der Waals surface area contributed by atoms with Gasteiger partial charge in [0.2, 0.25) is 11.8 Å². The molecule has 2 aliphatic heterocycles. The average molecular weight is 392 g/mol. The molecule has 0 spiro atoms. The van der Waals surface area contributed by atoms with E-state index in [-0.39, 0.29) is 43.5 Å². The number of amides is 2. The smallest absolute Gasteiger partial charge is 0.306 e. The van der Waals surface area contributed by atoms with Gasteiger partial charge < -0.3 is 20.1 Å². The Morgan fingerprint density at radius 3 is 2.79 bits per heavy atom. The van der Waals surface area contributed by atoms with E-state index in [1.807, 2.05) is 12.2 Å². The van der Waals surface area contributed by atoms with Crippen LogP contribution in [0.1, 0.15) is 64.2 Å². The van der Waals surface area contributed by atoms with Crippen LogP contribution in [-0.4, -0.2) is 59.1 Å². The number of ether oxygens (including phenoxy) is 1. The lowest BCUT2D eigenvalue weighted by Crippen LogP contribution is -2.50. The molecule has 0 aromatic heterocycles. The van der Waals surface area contributed by atoms with Crippen molar-refractivity contribution < 1.29 is 24.2 Å². The summed E-state index contributed by atoms with van der Waals surface area (Å²) in [4.78, 5) is 39.4. The Balaban J connectivity index is 1.69. The number of esters is 1. The van der Waals surface area contributed by atoms with E-state index in [9.17, 15) is 19.5 Å². The number of fused-ring (bicyclic) bond motifs is 1. The molecule has 1 saturated heterocycles. The zero-order valence-electron chi connectivity index (χ0n) is 16.5. The van der Waals surface area contributed by atoms with Gasteiger partial charge in [0.15, 0.2) is 0 Å². The molecule has 2 atom stereocenters. The van der Waals surface area contributed by atoms with Crippen LogP contribution in [0.2, 0.25) is 0 Å². The number of hydrogen-bond donors (Lipinski definition) is 2. The van der Waals surface area contributed by atoms with Gasteiger partial charge in [0, 0.05) is 19.4 Å². The fourth-order valence-corrected chi connectivity index (χ4v) is 4.59. The number of cyclic esters (lactones) is 1. The molecule has 2 N–H and O–H groups in total. The molecule has 7 nitrogen and oxygen atoms in total. The number of carbonyl (C=O) groups excluding carboxylic acids is 3. The molecule has 2 heterocycles. The molecule has 3 rings (SSSR count). The van der Waals surface area contributed by atoms with Gasteiger partial charge in [0.25, 0.3) is 0 Å². The van der Waals surface area contributed by atoms with Crippen molar-refractivity contribution in [3.05, 3.63) is 12.2 Å². The predicted octanol–water partition coefficient (Wildman–Crippen LogP) is 1.69. The van der Waals surface area contributed by atoms with E-state index >= 15 is 0 Å². The zero-order chi connectivity index (χ0) is 20.0. The molecule has 1 saturated carbocycles. The lowest BCUT2D eigenvalue weighted by Gasteiger charge is -2.31. The fraction of sp³-hybridized carbons (Fsp3) is 0.762. The second-order valence-corrected chi connectivity index (χ2v) is 8.35. The summed E-state index contributed by atoms with van der Waals surface area (Å²) in [5.74, 6) is -0.865. The first-order valence-electron chi connectivity index (χ1n) is 10.6. The summed E-state index contributed by atoms with van der Waals surface area (Å²) >= 11 is 0. The first-order valence-corrected chi connectivity index (χ1v) is 10.6. The highest BCUT2D eigenvalue weighted by atomic mass is 16.5. The number of carbonyl (C=O) groups is 3.